The number of benzene rings is 1. The smallest absolute Gasteiger partial charge is 0.355 e. The number of alkyl halides is 3. The first-order valence-electron chi connectivity index (χ1n) is 11.0. The van der Waals surface area contributed by atoms with Gasteiger partial charge >= 0.3 is 6.18 Å². The highest BCUT2D eigenvalue weighted by molar-refractivity contribution is 5.81. The number of rotatable bonds is 3. The van der Waals surface area contributed by atoms with Gasteiger partial charge in [-0.25, -0.2) is 0 Å². The Labute approximate surface area is 188 Å². The maximum Gasteiger partial charge on any atom is 0.453 e. The minimum atomic E-state index is -4.63. The molecule has 0 radical (unpaired) electrons. The number of piperidine rings is 1. The number of carbonyl (C=O) groups is 1. The number of halogens is 3. The van der Waals surface area contributed by atoms with Crippen LogP contribution < -0.4 is 4.90 Å². The topological polar surface area (TPSA) is 66.6 Å². The minimum Gasteiger partial charge on any atom is -0.355 e. The number of anilines is 1. The van der Waals surface area contributed by atoms with E-state index in [0.29, 0.717) is 44.8 Å². The summed E-state index contributed by atoms with van der Waals surface area (Å²) >= 11 is 0. The van der Waals surface area contributed by atoms with Crippen LogP contribution >= 0.6 is 0 Å². The lowest BCUT2D eigenvalue weighted by molar-refractivity contribution is -0.146. The molecule has 7 nitrogen and oxygen atoms in total. The van der Waals surface area contributed by atoms with E-state index in [4.69, 9.17) is 0 Å². The molecule has 3 aromatic rings. The summed E-state index contributed by atoms with van der Waals surface area (Å²) in [4.78, 5) is 16.9. The van der Waals surface area contributed by atoms with Crippen LogP contribution in [0.3, 0.4) is 0 Å². The quantitative estimate of drug-likeness (QED) is 0.602. The van der Waals surface area contributed by atoms with Crippen molar-refractivity contribution in [3.8, 4) is 0 Å². The van der Waals surface area contributed by atoms with Gasteiger partial charge in [-0.3, -0.25) is 4.79 Å². The van der Waals surface area contributed by atoms with Crippen molar-refractivity contribution < 1.29 is 18.0 Å². The summed E-state index contributed by atoms with van der Waals surface area (Å²) in [6.07, 6.45) is -0.396. The number of fused-ring (bicyclic) bond motifs is 1. The van der Waals surface area contributed by atoms with E-state index in [-0.39, 0.29) is 17.5 Å². The van der Waals surface area contributed by atoms with E-state index in [0.717, 1.165) is 10.9 Å². The molecule has 4 heterocycles. The van der Waals surface area contributed by atoms with Crippen LogP contribution in [0.1, 0.15) is 30.7 Å². The van der Waals surface area contributed by atoms with E-state index < -0.39 is 12.0 Å². The molecule has 0 bridgehead atoms. The van der Waals surface area contributed by atoms with Crippen LogP contribution in [0.5, 0.6) is 0 Å². The van der Waals surface area contributed by atoms with E-state index in [2.05, 4.69) is 33.5 Å². The van der Waals surface area contributed by atoms with Crippen molar-refractivity contribution in [3.63, 3.8) is 0 Å². The van der Waals surface area contributed by atoms with Crippen LogP contribution in [0.25, 0.3) is 11.2 Å². The molecule has 0 N–H and O–H groups in total. The predicted molar refractivity (Wildman–Crippen MR) is 116 cm³/mol. The van der Waals surface area contributed by atoms with Crippen LogP contribution in [0.15, 0.2) is 48.5 Å². The van der Waals surface area contributed by atoms with E-state index in [1.807, 2.05) is 28.0 Å². The number of nitrogens with zero attached hydrogens (tertiary/aromatic N) is 6. The number of hydrogen-bond acceptors (Lipinski definition) is 5. The molecule has 33 heavy (non-hydrogen) atoms. The summed E-state index contributed by atoms with van der Waals surface area (Å²) in [5.41, 5.74) is 2.51. The Morgan fingerprint density at radius 3 is 2.39 bits per heavy atom. The van der Waals surface area contributed by atoms with Gasteiger partial charge in [0.1, 0.15) is 5.82 Å². The highest BCUT2D eigenvalue weighted by Gasteiger charge is 2.38. The molecule has 0 unspecified atom stereocenters. The normalized spacial score (nSPS) is 18.0. The molecule has 1 saturated heterocycles. The SMILES string of the molecule is O=C(C1CCN(c2ccc3nnc(C(F)(F)F)n3n2)CC1)N1CC=C(c2ccccc2)CC1. The fraction of sp³-hybridized carbons (Fsp3) is 0.391. The maximum absolute atomic E-state index is 13.1. The Hall–Kier alpha value is -3.43. The lowest BCUT2D eigenvalue weighted by atomic mass is 9.93. The van der Waals surface area contributed by atoms with Gasteiger partial charge in [-0.05, 0) is 42.5 Å². The first kappa shape index (κ1) is 21.4. The van der Waals surface area contributed by atoms with Crippen molar-refractivity contribution in [2.45, 2.75) is 25.4 Å². The molecule has 1 fully saturated rings. The second-order valence-electron chi connectivity index (χ2n) is 8.37. The van der Waals surface area contributed by atoms with Crippen LogP contribution in [-0.4, -0.2) is 56.8 Å². The molecule has 1 aromatic carbocycles. The third-order valence-corrected chi connectivity index (χ3v) is 6.34. The Bertz CT molecular complexity index is 1180. The molecule has 5 rings (SSSR count). The fourth-order valence-electron chi connectivity index (χ4n) is 4.52. The molecule has 0 atom stereocenters. The van der Waals surface area contributed by atoms with E-state index in [1.165, 1.54) is 17.2 Å². The molecule has 10 heteroatoms. The Morgan fingerprint density at radius 2 is 1.73 bits per heavy atom. The highest BCUT2D eigenvalue weighted by atomic mass is 19.4. The second-order valence-corrected chi connectivity index (χ2v) is 8.37. The molecule has 1 amide bonds. The number of carbonyl (C=O) groups excluding carboxylic acids is 1. The molecular weight excluding hydrogens is 433 g/mol. The number of amides is 1. The third kappa shape index (κ3) is 4.29. The first-order valence-corrected chi connectivity index (χ1v) is 11.0. The maximum atomic E-state index is 13.1. The van der Waals surface area contributed by atoms with E-state index in [1.54, 1.807) is 6.07 Å². The molecule has 2 aliphatic rings. The summed E-state index contributed by atoms with van der Waals surface area (Å²) in [5, 5.41) is 10.9. The summed E-state index contributed by atoms with van der Waals surface area (Å²) in [6, 6.07) is 13.3. The molecular formula is C23H23F3N6O. The van der Waals surface area contributed by atoms with Crippen molar-refractivity contribution >= 4 is 22.9 Å². The van der Waals surface area contributed by atoms with Crippen molar-refractivity contribution in [2.24, 2.45) is 5.92 Å². The summed E-state index contributed by atoms with van der Waals surface area (Å²) in [5.74, 6) is -0.651. The highest BCUT2D eigenvalue weighted by Crippen LogP contribution is 2.29. The van der Waals surface area contributed by atoms with Crippen molar-refractivity contribution in [2.75, 3.05) is 31.1 Å². The van der Waals surface area contributed by atoms with Gasteiger partial charge in [-0.1, -0.05) is 36.4 Å². The zero-order valence-electron chi connectivity index (χ0n) is 17.9. The van der Waals surface area contributed by atoms with Gasteiger partial charge in [-0.2, -0.15) is 17.7 Å². The monoisotopic (exact) mass is 456 g/mol. The average Bonchev–Trinajstić information content (AvgIpc) is 3.28. The second kappa shape index (κ2) is 8.49. The Morgan fingerprint density at radius 1 is 0.970 bits per heavy atom. The summed E-state index contributed by atoms with van der Waals surface area (Å²) < 4.78 is 40.2. The molecule has 172 valence electrons. The van der Waals surface area contributed by atoms with E-state index in [9.17, 15) is 18.0 Å². The fourth-order valence-corrected chi connectivity index (χ4v) is 4.52. The predicted octanol–water partition coefficient (Wildman–Crippen LogP) is 3.68. The third-order valence-electron chi connectivity index (χ3n) is 6.34. The van der Waals surface area contributed by atoms with Gasteiger partial charge in [0.15, 0.2) is 5.65 Å². The lowest BCUT2D eigenvalue weighted by Crippen LogP contribution is -2.44. The van der Waals surface area contributed by atoms with Gasteiger partial charge in [0, 0.05) is 32.1 Å². The Kier molecular flexibility index (Phi) is 5.51. The van der Waals surface area contributed by atoms with Gasteiger partial charge < -0.3 is 9.80 Å². The minimum absolute atomic E-state index is 0.0455. The van der Waals surface area contributed by atoms with Crippen LogP contribution in [0.4, 0.5) is 19.0 Å². The lowest BCUT2D eigenvalue weighted by Gasteiger charge is -2.35. The van der Waals surface area contributed by atoms with Crippen LogP contribution in [-0.2, 0) is 11.0 Å². The van der Waals surface area contributed by atoms with E-state index >= 15 is 0 Å². The van der Waals surface area contributed by atoms with Gasteiger partial charge in [-0.15, -0.1) is 15.3 Å². The van der Waals surface area contributed by atoms with Crippen LogP contribution in [0, 0.1) is 5.92 Å². The van der Waals surface area contributed by atoms with Gasteiger partial charge in [0.05, 0.1) is 0 Å². The number of hydrogen-bond donors (Lipinski definition) is 0. The summed E-state index contributed by atoms with van der Waals surface area (Å²) in [7, 11) is 0. The molecule has 0 saturated carbocycles. The van der Waals surface area contributed by atoms with Gasteiger partial charge in [0.25, 0.3) is 5.82 Å². The van der Waals surface area contributed by atoms with Gasteiger partial charge in [0.2, 0.25) is 5.91 Å². The van der Waals surface area contributed by atoms with Crippen molar-refractivity contribution in [3.05, 3.63) is 59.9 Å². The Balaban J connectivity index is 1.22. The number of aromatic nitrogens is 4. The molecule has 2 aliphatic heterocycles. The van der Waals surface area contributed by atoms with Crippen molar-refractivity contribution in [1.29, 1.82) is 0 Å². The standard InChI is InChI=1S/C23H23F3N6O/c24-23(25,26)22-28-27-19-6-7-20(29-32(19)22)30-12-10-18(11-13-30)21(33)31-14-8-17(9-15-31)16-4-2-1-3-5-16/h1-8,18H,9-15H2. The first-order chi connectivity index (χ1) is 15.9. The zero-order chi connectivity index (χ0) is 23.0. The largest absolute Gasteiger partial charge is 0.453 e. The summed E-state index contributed by atoms with van der Waals surface area (Å²) in [6.45, 7) is 2.41. The van der Waals surface area contributed by atoms with Crippen LogP contribution in [0.2, 0.25) is 0 Å². The average molecular weight is 456 g/mol. The molecule has 2 aromatic heterocycles. The molecule has 0 spiro atoms. The zero-order valence-corrected chi connectivity index (χ0v) is 17.9. The van der Waals surface area contributed by atoms with Crippen molar-refractivity contribution in [1.82, 2.24) is 24.7 Å². The molecule has 0 aliphatic carbocycles.